The third-order valence-electron chi connectivity index (χ3n) is 34.2. The number of hydrogen-bond acceptors (Lipinski definition) is 17. The van der Waals surface area contributed by atoms with E-state index in [1.165, 1.54) is 0 Å². The summed E-state index contributed by atoms with van der Waals surface area (Å²) in [5.41, 5.74) is 10.0. The Balaban J connectivity index is 0.000000100. The molecular weight excluding hydrogens is 1650 g/mol. The number of anilines is 3. The van der Waals surface area contributed by atoms with E-state index in [9.17, 15) is 57.5 Å². The number of piperidine rings is 6. The van der Waals surface area contributed by atoms with E-state index in [1.807, 2.05) is 129 Å². The Morgan fingerprint density at radius 2 is 0.750 bits per heavy atom. The molecule has 30 heteroatoms. The molecular formula is C98H98ClN15O14. The lowest BCUT2D eigenvalue weighted by Gasteiger charge is -3.06. The predicted octanol–water partition coefficient (Wildman–Crippen LogP) is 10.1. The van der Waals surface area contributed by atoms with Crippen molar-refractivity contribution >= 4 is 133 Å². The molecule has 0 radical (unpaired) electrons. The third-order valence-corrected chi connectivity index (χ3v) is 34.2. The summed E-state index contributed by atoms with van der Waals surface area (Å²) in [5.74, 6) is 9.24. The van der Waals surface area contributed by atoms with Crippen LogP contribution in [0.15, 0.2) is 128 Å². The number of hydrogen-bond donors (Lipinski definition) is 5. The van der Waals surface area contributed by atoms with Gasteiger partial charge in [-0.3, -0.25) is 97.4 Å². The summed E-state index contributed by atoms with van der Waals surface area (Å²) in [6.45, 7) is 10.6. The Morgan fingerprint density at radius 1 is 0.422 bits per heavy atom. The number of aliphatic carboxylic acids is 1. The number of nitrogens with zero attached hydrogens (tertiary/aromatic N) is 11. The van der Waals surface area contributed by atoms with Gasteiger partial charge in [0.05, 0.1) is 64.6 Å². The third kappa shape index (κ3) is 10.8. The van der Waals surface area contributed by atoms with Gasteiger partial charge in [-0.15, -0.1) is 12.4 Å². The molecule has 12 saturated carbocycles. The maximum atomic E-state index is 13.6. The number of carboxylic acids is 1. The van der Waals surface area contributed by atoms with Gasteiger partial charge in [-0.25, -0.2) is 4.79 Å². The molecule has 6 aromatic carbocycles. The van der Waals surface area contributed by atoms with Crippen LogP contribution >= 0.6 is 12.4 Å². The maximum Gasteiger partial charge on any atom is 0.410 e. The lowest BCUT2D eigenvalue weighted by Crippen LogP contribution is -3.07. The molecule has 18 fully saturated rings. The number of aromatic nitrogens is 6. The maximum absolute atomic E-state index is 13.6. The molecule has 0 spiro atoms. The minimum atomic E-state index is -0.702. The van der Waals surface area contributed by atoms with Crippen molar-refractivity contribution in [3.05, 3.63) is 178 Å². The molecule has 9 aliphatic heterocycles. The highest BCUT2D eigenvalue weighted by Crippen LogP contribution is 3.07. The number of benzene rings is 6. The van der Waals surface area contributed by atoms with Gasteiger partial charge in [-0.05, 0) is 260 Å². The average molecular weight is 1750 g/mol. The van der Waals surface area contributed by atoms with Gasteiger partial charge in [0.2, 0.25) is 41.4 Å². The summed E-state index contributed by atoms with van der Waals surface area (Å²) >= 11 is 0. The predicted molar refractivity (Wildman–Crippen MR) is 467 cm³/mol. The summed E-state index contributed by atoms with van der Waals surface area (Å²) in [5, 5.41) is 39.2. The van der Waals surface area contributed by atoms with E-state index in [1.54, 1.807) is 25.7 Å². The van der Waals surface area contributed by atoms with E-state index in [0.29, 0.717) is 103 Å². The van der Waals surface area contributed by atoms with Crippen molar-refractivity contribution in [1.82, 2.24) is 60.4 Å². The van der Waals surface area contributed by atoms with Crippen LogP contribution in [0.25, 0.3) is 32.3 Å². The van der Waals surface area contributed by atoms with Crippen LogP contribution in [0.4, 0.5) is 21.9 Å². The fourth-order valence-electron chi connectivity index (χ4n) is 29.1. The average Bonchev–Trinajstić information content (AvgIpc) is 0.876. The van der Waals surface area contributed by atoms with E-state index in [2.05, 4.69) is 64.3 Å². The zero-order chi connectivity index (χ0) is 86.3. The Morgan fingerprint density at radius 3 is 1.07 bits per heavy atom. The van der Waals surface area contributed by atoms with Crippen molar-refractivity contribution in [2.45, 2.75) is 159 Å². The van der Waals surface area contributed by atoms with Crippen molar-refractivity contribution in [3.63, 3.8) is 0 Å². The molecule has 3 unspecified atom stereocenters. The number of carbonyl (C=O) groups excluding carboxylic acids is 11. The normalized spacial score (nSPS) is 32.4. The molecule has 29 nitrogen and oxygen atoms in total. The molecule has 30 rings (SSSR count). The monoisotopic (exact) mass is 1740 g/mol. The summed E-state index contributed by atoms with van der Waals surface area (Å²) in [6.07, 6.45) is 21.2. The van der Waals surface area contributed by atoms with Crippen LogP contribution in [-0.4, -0.2) is 178 Å². The number of rotatable bonds is 14. The number of amides is 11. The number of carboxylic acid groups (broad SMARTS) is 1. The van der Waals surface area contributed by atoms with Gasteiger partial charge < -0.3 is 25.0 Å². The van der Waals surface area contributed by atoms with Crippen molar-refractivity contribution in [2.24, 2.45) is 93.7 Å². The fourth-order valence-corrected chi connectivity index (χ4v) is 29.1. The van der Waals surface area contributed by atoms with Crippen molar-refractivity contribution in [3.8, 4) is 0 Å². The molecule has 5 N–H and O–H groups in total. The van der Waals surface area contributed by atoms with Gasteiger partial charge in [0, 0.05) is 116 Å². The second-order valence-electron chi connectivity index (χ2n) is 40.5. The van der Waals surface area contributed by atoms with Crippen molar-refractivity contribution < 1.29 is 67.4 Å². The highest BCUT2D eigenvalue weighted by atomic mass is 35.5. The van der Waals surface area contributed by atoms with Gasteiger partial charge in [-0.1, -0.05) is 54.6 Å². The quantitative estimate of drug-likeness (QED) is 0.0632. The first-order chi connectivity index (χ1) is 61.5. The number of halogens is 1. The van der Waals surface area contributed by atoms with E-state index >= 15 is 0 Å². The van der Waals surface area contributed by atoms with Crippen LogP contribution in [-0.2, 0) is 62.4 Å². The van der Waals surface area contributed by atoms with E-state index in [0.717, 1.165) is 213 Å². The highest BCUT2D eigenvalue weighted by molar-refractivity contribution is 6.30. The highest BCUT2D eigenvalue weighted by Gasteiger charge is 3.07. The first kappa shape index (κ1) is 79.4. The molecule has 0 bridgehead atoms. The Kier molecular flexibility index (Phi) is 17.5. The van der Waals surface area contributed by atoms with Gasteiger partial charge in [0.15, 0.2) is 0 Å². The summed E-state index contributed by atoms with van der Waals surface area (Å²) in [6, 6.07) is 28.0. The topological polar surface area (TPSA) is 352 Å². The van der Waals surface area contributed by atoms with Crippen LogP contribution in [0.3, 0.4) is 0 Å². The first-order valence-corrected chi connectivity index (χ1v) is 45.9. The number of imide groups is 3. The standard InChI is InChI=1S/C34H31N5O4.C30H33N5O5.C25H25N5O3.C9H8O2.ClH/c40-22-7-6-21(31(41)36-22)39-20-5-4-16(18-2-1-3-19(23(18)20)32(39)42)12-15-13-35-38(14-15)17-8-10-37(11-9-17)33(43)34-28-25-24-26(28)30(34)27(24)29(25)34;1-30(2,3)40-29(39)33-13-11-20(12-14-33)34-17-18(16-31-34)15-19-7-8-23-26-21(19)5-4-6-22(26)28(38)35(23)24-9-10-25(36)32-27(24)37;31-22-7-6-21(24(32)28-22)30-20-5-4-16(18-2-1-3-19(23(18)20)25(30)33)12-15-13-27-29(14-15)17-8-10-26-11-9-17;10-8(11)9-5-2-1-3(5)7(9)4(1)6(2)9;/h1-5,13-14,17,21,24-30H,6-12H2,(H,36,40,41);4-8,16-17,20,24H,9-15H2,1-3H3,(H,32,36,37);1-5,13-14,17,21,26H,6-12H2,(H,28,31,32);1-7H,(H,10,11);1H. The number of nitrogens with one attached hydrogen (secondary N) is 4. The fraction of sp³-hybridized carbons (Fsp3) is 0.480. The molecule has 21 aliphatic rings. The molecule has 656 valence electrons. The molecule has 9 aromatic rings. The molecule has 12 heterocycles. The summed E-state index contributed by atoms with van der Waals surface area (Å²) in [4.78, 5) is 159. The van der Waals surface area contributed by atoms with Crippen LogP contribution < -0.4 is 36.0 Å². The number of ether oxygens (including phenoxy) is 1. The van der Waals surface area contributed by atoms with Gasteiger partial charge >= 0.3 is 12.1 Å². The minimum Gasteiger partial charge on any atom is -0.481 e. The largest absolute Gasteiger partial charge is 0.481 e. The van der Waals surface area contributed by atoms with Crippen molar-refractivity contribution in [1.29, 1.82) is 0 Å². The van der Waals surface area contributed by atoms with E-state index in [4.69, 9.17) is 14.9 Å². The van der Waals surface area contributed by atoms with Crippen molar-refractivity contribution in [2.75, 3.05) is 54.0 Å². The Labute approximate surface area is 741 Å². The molecule has 12 aliphatic carbocycles. The summed E-state index contributed by atoms with van der Waals surface area (Å²) < 4.78 is 11.7. The Bertz CT molecular complexity index is 6350. The zero-order valence-corrected chi connectivity index (χ0v) is 71.9. The van der Waals surface area contributed by atoms with Gasteiger partial charge in [0.1, 0.15) is 23.7 Å². The van der Waals surface area contributed by atoms with Crippen LogP contribution in [0.1, 0.15) is 180 Å². The Hall–Kier alpha value is -12.0. The van der Waals surface area contributed by atoms with E-state index in [-0.39, 0.29) is 90.1 Å². The lowest BCUT2D eigenvalue weighted by molar-refractivity contribution is -0.598. The number of carbonyl (C=O) groups is 12. The second kappa shape index (κ2) is 28.3. The van der Waals surface area contributed by atoms with Crippen LogP contribution in [0, 0.1) is 93.7 Å². The molecule has 128 heavy (non-hydrogen) atoms. The van der Waals surface area contributed by atoms with Gasteiger partial charge in [0.25, 0.3) is 17.7 Å². The first-order valence-electron chi connectivity index (χ1n) is 45.9. The zero-order valence-electron chi connectivity index (χ0n) is 71.1. The minimum absolute atomic E-state index is 0. The summed E-state index contributed by atoms with van der Waals surface area (Å²) in [7, 11) is 0. The lowest BCUT2D eigenvalue weighted by atomic mass is 8.96. The van der Waals surface area contributed by atoms with Gasteiger partial charge in [-0.2, -0.15) is 15.3 Å². The SMILES string of the molecule is CC(C)(C)OC(=O)N1CCC(n2cc(Cc3ccc4c5c(cccc35)C(=O)N4C3CCC(=O)NC3=O)cn2)CC1.Cl.O=C(O)C12C3C4C5C3C1C5C42.O=C1CCC(N2C(=O)c3cccc4c(Cc5cnn(C6CCN(C(=O)C78C9C%10C%11C9C7C%11C%108)CC6)c5)ccc2c34)C(=O)N1.O=C1CCC(N2C(=O)c3cccc4c(Cc5cnn(C6CCNCC6)c5)ccc2c34)C(=O)N1. The molecule has 6 saturated heterocycles. The van der Waals surface area contributed by atoms with Crippen LogP contribution in [0.2, 0.25) is 0 Å². The molecule has 3 aromatic heterocycles. The number of likely N-dealkylation sites (tertiary alicyclic amines) is 2. The van der Waals surface area contributed by atoms with Crippen LogP contribution in [0.5, 0.6) is 0 Å². The molecule has 3 atom stereocenters. The second-order valence-corrected chi connectivity index (χ2v) is 40.5. The van der Waals surface area contributed by atoms with E-state index < -0.39 is 47.4 Å². The molecule has 11 amide bonds. The smallest absolute Gasteiger partial charge is 0.410 e.